The number of amides is 1. The second-order valence-electron chi connectivity index (χ2n) is 8.66. The maximum atomic E-state index is 13.0. The minimum absolute atomic E-state index is 0.200. The number of nitrogens with one attached hydrogen (secondary N) is 1. The zero-order valence-electron chi connectivity index (χ0n) is 19.9. The highest BCUT2D eigenvalue weighted by Gasteiger charge is 2.53. The van der Waals surface area contributed by atoms with Crippen LogP contribution >= 0.6 is 11.8 Å². The molecule has 0 bridgehead atoms. The number of hydrogen-bond acceptors (Lipinski definition) is 6. The summed E-state index contributed by atoms with van der Waals surface area (Å²) >= 11 is 1.62. The molecule has 3 unspecified atom stereocenters. The summed E-state index contributed by atoms with van der Waals surface area (Å²) in [6.45, 7) is 1.33. The summed E-state index contributed by atoms with van der Waals surface area (Å²) in [5.41, 5.74) is 3.23. The number of carbonyl (C=O) groups is 2. The van der Waals surface area contributed by atoms with Crippen molar-refractivity contribution < 1.29 is 14.3 Å². The molecular formula is C28H26N4O3S. The normalized spacial score (nSPS) is 18.1. The first-order valence-corrected chi connectivity index (χ1v) is 12.5. The first-order chi connectivity index (χ1) is 17.5. The van der Waals surface area contributed by atoms with Gasteiger partial charge in [0.05, 0.1) is 10.1 Å². The highest BCUT2D eigenvalue weighted by Crippen LogP contribution is 2.53. The summed E-state index contributed by atoms with van der Waals surface area (Å²) < 4.78 is 6.53. The number of aromatic nitrogens is 3. The number of ether oxygens (including phenoxy) is 1. The standard InChI is InChI=1S/C28H26N4O3S/c1-19(33)35-24(25-29-18-32(2)31-25)23-26(34)30-27(23)36-28(20-12-6-3-7-13-20,21-14-8-4-9-15-21)22-16-10-5-11-17-22/h3-18,23-24,27H,1-2H3,(H,30,34). The molecule has 36 heavy (non-hydrogen) atoms. The van der Waals surface area contributed by atoms with Crippen LogP contribution in [0.4, 0.5) is 0 Å². The van der Waals surface area contributed by atoms with E-state index in [9.17, 15) is 9.59 Å². The Kier molecular flexibility index (Phi) is 6.61. The minimum Gasteiger partial charge on any atom is -0.453 e. The third-order valence-electron chi connectivity index (χ3n) is 6.25. The molecule has 2 heterocycles. The van der Waals surface area contributed by atoms with Crippen LogP contribution in [0.25, 0.3) is 0 Å². The Labute approximate surface area is 213 Å². The number of carbonyl (C=O) groups excluding carboxylic acids is 2. The lowest BCUT2D eigenvalue weighted by Crippen LogP contribution is -2.60. The van der Waals surface area contributed by atoms with Gasteiger partial charge in [-0.15, -0.1) is 11.8 Å². The van der Waals surface area contributed by atoms with Crippen LogP contribution in [0.15, 0.2) is 97.3 Å². The fourth-order valence-corrected chi connectivity index (χ4v) is 6.42. The number of benzene rings is 3. The Morgan fingerprint density at radius 1 is 0.944 bits per heavy atom. The zero-order chi connectivity index (χ0) is 25.1. The molecule has 3 atom stereocenters. The van der Waals surface area contributed by atoms with Crippen LogP contribution in [-0.2, 0) is 26.1 Å². The molecule has 1 aliphatic heterocycles. The van der Waals surface area contributed by atoms with Gasteiger partial charge in [-0.2, -0.15) is 5.10 Å². The molecule has 4 aromatic rings. The lowest BCUT2D eigenvalue weighted by molar-refractivity contribution is -0.157. The Bertz CT molecular complexity index is 1250. The van der Waals surface area contributed by atoms with E-state index in [-0.39, 0.29) is 11.3 Å². The van der Waals surface area contributed by atoms with Gasteiger partial charge in [-0.3, -0.25) is 14.3 Å². The number of nitrogens with zero attached hydrogens (tertiary/aromatic N) is 3. The van der Waals surface area contributed by atoms with E-state index in [1.807, 2.05) is 54.6 Å². The number of esters is 1. The SMILES string of the molecule is CC(=O)OC(c1ncn(C)n1)C1C(=O)NC1SC(c1ccccc1)(c1ccccc1)c1ccccc1. The van der Waals surface area contributed by atoms with E-state index in [4.69, 9.17) is 4.74 Å². The lowest BCUT2D eigenvalue weighted by Gasteiger charge is -2.45. The summed E-state index contributed by atoms with van der Waals surface area (Å²) in [4.78, 5) is 29.3. The highest BCUT2D eigenvalue weighted by atomic mass is 32.2. The topological polar surface area (TPSA) is 86.1 Å². The van der Waals surface area contributed by atoms with Crippen molar-refractivity contribution in [3.8, 4) is 0 Å². The summed E-state index contributed by atoms with van der Waals surface area (Å²) in [6, 6.07) is 30.7. The third-order valence-corrected chi connectivity index (χ3v) is 7.97. The van der Waals surface area contributed by atoms with Crippen molar-refractivity contribution in [3.05, 3.63) is 120 Å². The molecule has 0 saturated carbocycles. The number of β-lactam (4-membered cyclic amide) rings is 1. The predicted octanol–water partition coefficient (Wildman–Crippen LogP) is 4.22. The van der Waals surface area contributed by atoms with Gasteiger partial charge in [-0.1, -0.05) is 91.0 Å². The van der Waals surface area contributed by atoms with Crippen molar-refractivity contribution >= 4 is 23.6 Å². The fourth-order valence-electron chi connectivity index (χ4n) is 4.63. The molecule has 5 rings (SSSR count). The van der Waals surface area contributed by atoms with Crippen LogP contribution in [-0.4, -0.2) is 32.0 Å². The van der Waals surface area contributed by atoms with Gasteiger partial charge in [-0.25, -0.2) is 4.98 Å². The molecule has 1 N–H and O–H groups in total. The van der Waals surface area contributed by atoms with Gasteiger partial charge in [0, 0.05) is 14.0 Å². The van der Waals surface area contributed by atoms with Crippen LogP contribution in [0.1, 0.15) is 35.5 Å². The van der Waals surface area contributed by atoms with Crippen molar-refractivity contribution in [1.82, 2.24) is 20.1 Å². The molecule has 1 aliphatic rings. The van der Waals surface area contributed by atoms with Crippen LogP contribution in [0, 0.1) is 5.92 Å². The number of rotatable bonds is 8. The molecule has 8 heteroatoms. The summed E-state index contributed by atoms with van der Waals surface area (Å²) in [5, 5.41) is 7.03. The summed E-state index contributed by atoms with van der Waals surface area (Å²) in [6.07, 6.45) is 0.641. The van der Waals surface area contributed by atoms with Gasteiger partial charge >= 0.3 is 5.97 Å². The van der Waals surface area contributed by atoms with Crippen LogP contribution in [0.5, 0.6) is 0 Å². The van der Waals surface area contributed by atoms with Crippen molar-refractivity contribution in [3.63, 3.8) is 0 Å². The summed E-state index contributed by atoms with van der Waals surface area (Å²) in [5.74, 6) is -1.04. The van der Waals surface area contributed by atoms with Gasteiger partial charge in [0.15, 0.2) is 11.9 Å². The monoisotopic (exact) mass is 498 g/mol. The van der Waals surface area contributed by atoms with Crippen LogP contribution in [0.2, 0.25) is 0 Å². The third kappa shape index (κ3) is 4.40. The van der Waals surface area contributed by atoms with E-state index in [0.29, 0.717) is 5.82 Å². The number of hydrogen-bond donors (Lipinski definition) is 1. The Hall–Kier alpha value is -3.91. The lowest BCUT2D eigenvalue weighted by atomic mass is 9.84. The van der Waals surface area contributed by atoms with Crippen molar-refractivity contribution in [2.45, 2.75) is 23.1 Å². The highest BCUT2D eigenvalue weighted by molar-refractivity contribution is 8.01. The average molecular weight is 499 g/mol. The maximum absolute atomic E-state index is 13.0. The predicted molar refractivity (Wildman–Crippen MR) is 138 cm³/mol. The van der Waals surface area contributed by atoms with E-state index in [2.05, 4.69) is 51.8 Å². The Balaban J connectivity index is 1.63. The fraction of sp³-hybridized carbons (Fsp3) is 0.214. The molecule has 1 fully saturated rings. The maximum Gasteiger partial charge on any atom is 0.303 e. The summed E-state index contributed by atoms with van der Waals surface area (Å²) in [7, 11) is 1.74. The molecule has 1 amide bonds. The number of thioether (sulfide) groups is 1. The van der Waals surface area contributed by atoms with Crippen molar-refractivity contribution in [2.75, 3.05) is 0 Å². The van der Waals surface area contributed by atoms with Crippen molar-refractivity contribution in [1.29, 1.82) is 0 Å². The van der Waals surface area contributed by atoms with Crippen molar-refractivity contribution in [2.24, 2.45) is 13.0 Å². The molecular weight excluding hydrogens is 472 g/mol. The molecule has 0 aliphatic carbocycles. The van der Waals surface area contributed by atoms with E-state index in [0.717, 1.165) is 16.7 Å². The van der Waals surface area contributed by atoms with Crippen LogP contribution in [0.3, 0.4) is 0 Å². The van der Waals surface area contributed by atoms with E-state index in [1.54, 1.807) is 18.8 Å². The molecule has 0 radical (unpaired) electrons. The van der Waals surface area contributed by atoms with Crippen LogP contribution < -0.4 is 5.32 Å². The molecule has 1 aromatic heterocycles. The van der Waals surface area contributed by atoms with E-state index >= 15 is 0 Å². The van der Waals surface area contributed by atoms with E-state index < -0.39 is 22.7 Å². The second-order valence-corrected chi connectivity index (χ2v) is 10.0. The number of aryl methyl sites for hydroxylation is 1. The van der Waals surface area contributed by atoms with Gasteiger partial charge in [0.2, 0.25) is 5.91 Å². The molecule has 1 saturated heterocycles. The first-order valence-electron chi connectivity index (χ1n) is 11.7. The second kappa shape index (κ2) is 9.99. The van der Waals surface area contributed by atoms with Gasteiger partial charge < -0.3 is 10.1 Å². The Morgan fingerprint density at radius 3 is 1.83 bits per heavy atom. The first kappa shape index (κ1) is 23.8. The molecule has 182 valence electrons. The smallest absolute Gasteiger partial charge is 0.303 e. The van der Waals surface area contributed by atoms with Gasteiger partial charge in [0.1, 0.15) is 12.2 Å². The minimum atomic E-state index is -0.894. The van der Waals surface area contributed by atoms with Gasteiger partial charge in [-0.05, 0) is 16.7 Å². The molecule has 7 nitrogen and oxygen atoms in total. The average Bonchev–Trinajstić information content (AvgIpc) is 3.33. The largest absolute Gasteiger partial charge is 0.453 e. The Morgan fingerprint density at radius 2 is 1.44 bits per heavy atom. The van der Waals surface area contributed by atoms with E-state index in [1.165, 1.54) is 17.9 Å². The molecule has 3 aromatic carbocycles. The quantitative estimate of drug-likeness (QED) is 0.222. The molecule has 0 spiro atoms. The zero-order valence-corrected chi connectivity index (χ0v) is 20.8. The van der Waals surface area contributed by atoms with Gasteiger partial charge in [0.25, 0.3) is 0 Å².